The van der Waals surface area contributed by atoms with Crippen molar-refractivity contribution in [2.75, 3.05) is 13.7 Å². The van der Waals surface area contributed by atoms with E-state index in [0.29, 0.717) is 6.61 Å². The van der Waals surface area contributed by atoms with Gasteiger partial charge in [0.25, 0.3) is 0 Å². The summed E-state index contributed by atoms with van der Waals surface area (Å²) in [7, 11) is 1.68. The Morgan fingerprint density at radius 1 is 1.14 bits per heavy atom. The lowest BCUT2D eigenvalue weighted by Gasteiger charge is -2.38. The van der Waals surface area contributed by atoms with Crippen LogP contribution in [0.3, 0.4) is 0 Å². The van der Waals surface area contributed by atoms with Gasteiger partial charge in [-0.05, 0) is 54.3 Å². The first-order chi connectivity index (χ1) is 14.3. The number of thiophene rings is 1. The van der Waals surface area contributed by atoms with Crippen LogP contribution in [0.1, 0.15) is 41.6 Å². The van der Waals surface area contributed by atoms with E-state index < -0.39 is 0 Å². The molecule has 0 bridgehead atoms. The van der Waals surface area contributed by atoms with Crippen LogP contribution in [0.5, 0.6) is 17.2 Å². The predicted molar refractivity (Wildman–Crippen MR) is 114 cm³/mol. The average molecular weight is 407 g/mol. The molecule has 29 heavy (non-hydrogen) atoms. The van der Waals surface area contributed by atoms with Crippen molar-refractivity contribution in [1.29, 1.82) is 0 Å². The lowest BCUT2D eigenvalue weighted by molar-refractivity contribution is -0.0184. The molecular weight excluding hydrogens is 384 g/mol. The van der Waals surface area contributed by atoms with Crippen molar-refractivity contribution < 1.29 is 14.2 Å². The summed E-state index contributed by atoms with van der Waals surface area (Å²) < 4.78 is 17.6. The summed E-state index contributed by atoms with van der Waals surface area (Å²) in [5.74, 6) is 2.46. The Morgan fingerprint density at radius 2 is 2.00 bits per heavy atom. The van der Waals surface area contributed by atoms with E-state index in [1.165, 1.54) is 0 Å². The molecule has 0 fully saturated rings. The number of benzene rings is 2. The van der Waals surface area contributed by atoms with Gasteiger partial charge in [0.1, 0.15) is 5.75 Å². The molecule has 2 aliphatic heterocycles. The molecule has 5 rings (SSSR count). The second-order valence-electron chi connectivity index (χ2n) is 6.97. The number of para-hydroxylation sites is 1. The van der Waals surface area contributed by atoms with Crippen molar-refractivity contribution in [3.05, 3.63) is 76.0 Å². The maximum absolute atomic E-state index is 6.43. The molecule has 0 spiro atoms. The number of hydrogen-bond donors (Lipinski definition) is 0. The summed E-state index contributed by atoms with van der Waals surface area (Å²) in [5.41, 5.74) is 3.28. The van der Waals surface area contributed by atoms with Crippen molar-refractivity contribution in [2.45, 2.75) is 25.6 Å². The predicted octanol–water partition coefficient (Wildman–Crippen LogP) is 5.40. The van der Waals surface area contributed by atoms with Crippen LogP contribution < -0.4 is 14.2 Å². The molecule has 148 valence electrons. The average Bonchev–Trinajstić information content (AvgIpc) is 3.44. The molecule has 1 aromatic heterocycles. The number of nitrogens with zero attached hydrogens (tertiary/aromatic N) is 2. The van der Waals surface area contributed by atoms with Gasteiger partial charge < -0.3 is 14.2 Å². The fourth-order valence-electron chi connectivity index (χ4n) is 3.95. The Bertz CT molecular complexity index is 1030. The third-order valence-electron chi connectivity index (χ3n) is 5.29. The first-order valence-electron chi connectivity index (χ1n) is 9.74. The quantitative estimate of drug-likeness (QED) is 0.569. The minimum Gasteiger partial charge on any atom is -0.494 e. The highest BCUT2D eigenvalue weighted by Crippen LogP contribution is 2.51. The minimum absolute atomic E-state index is 0.113. The standard InChI is InChI=1S/C23H22N2O3S/c1-3-27-16-11-9-15(10-12-16)18-14-19-17-6-4-7-20(26-2)22(17)28-23(25(19)24-18)21-8-5-13-29-21/h4-13,19,23H,3,14H2,1-2H3/t19-,23-/m1/s1. The second-order valence-corrected chi connectivity index (χ2v) is 7.95. The van der Waals surface area contributed by atoms with Crippen LogP contribution >= 0.6 is 11.3 Å². The molecule has 0 saturated carbocycles. The van der Waals surface area contributed by atoms with Crippen LogP contribution in [0.15, 0.2) is 65.1 Å². The molecule has 2 atom stereocenters. The van der Waals surface area contributed by atoms with Crippen molar-refractivity contribution in [2.24, 2.45) is 5.10 Å². The zero-order valence-electron chi connectivity index (χ0n) is 16.4. The Kier molecular flexibility index (Phi) is 4.64. The molecule has 5 nitrogen and oxygen atoms in total. The van der Waals surface area contributed by atoms with Gasteiger partial charge in [-0.15, -0.1) is 11.3 Å². The largest absolute Gasteiger partial charge is 0.494 e. The zero-order chi connectivity index (χ0) is 19.8. The van der Waals surface area contributed by atoms with Crippen LogP contribution in [-0.2, 0) is 0 Å². The van der Waals surface area contributed by atoms with E-state index in [-0.39, 0.29) is 12.3 Å². The highest BCUT2D eigenvalue weighted by Gasteiger charge is 2.42. The monoisotopic (exact) mass is 406 g/mol. The molecule has 0 unspecified atom stereocenters. The normalized spacial score (nSPS) is 19.8. The zero-order valence-corrected chi connectivity index (χ0v) is 17.2. The number of ether oxygens (including phenoxy) is 3. The molecule has 2 aliphatic rings. The van der Waals surface area contributed by atoms with Gasteiger partial charge in [0, 0.05) is 12.0 Å². The Hall–Kier alpha value is -2.99. The number of hydrogen-bond acceptors (Lipinski definition) is 6. The summed E-state index contributed by atoms with van der Waals surface area (Å²) in [6.45, 7) is 2.65. The van der Waals surface area contributed by atoms with E-state index in [4.69, 9.17) is 19.3 Å². The van der Waals surface area contributed by atoms with Gasteiger partial charge in [0.05, 0.1) is 30.3 Å². The maximum Gasteiger partial charge on any atom is 0.223 e. The van der Waals surface area contributed by atoms with Crippen LogP contribution in [0.4, 0.5) is 0 Å². The van der Waals surface area contributed by atoms with E-state index in [1.807, 2.05) is 37.3 Å². The third kappa shape index (κ3) is 3.13. The van der Waals surface area contributed by atoms with Gasteiger partial charge in [-0.25, -0.2) is 5.01 Å². The van der Waals surface area contributed by atoms with E-state index in [9.17, 15) is 0 Å². The topological polar surface area (TPSA) is 43.3 Å². The fraction of sp³-hybridized carbons (Fsp3) is 0.261. The smallest absolute Gasteiger partial charge is 0.223 e. The molecule has 3 aromatic rings. The van der Waals surface area contributed by atoms with Crippen molar-refractivity contribution >= 4 is 17.0 Å². The Labute approximate surface area is 174 Å². The van der Waals surface area contributed by atoms with Crippen LogP contribution in [-0.4, -0.2) is 24.4 Å². The van der Waals surface area contributed by atoms with Gasteiger partial charge in [0.2, 0.25) is 6.23 Å². The van der Waals surface area contributed by atoms with Crippen LogP contribution in [0.25, 0.3) is 0 Å². The summed E-state index contributed by atoms with van der Waals surface area (Å²) in [5, 5.41) is 9.16. The summed E-state index contributed by atoms with van der Waals surface area (Å²) in [6.07, 6.45) is 0.559. The lowest BCUT2D eigenvalue weighted by atomic mass is 9.96. The van der Waals surface area contributed by atoms with E-state index in [1.54, 1.807) is 18.4 Å². The van der Waals surface area contributed by atoms with Crippen LogP contribution in [0.2, 0.25) is 0 Å². The molecule has 0 aliphatic carbocycles. The molecule has 3 heterocycles. The van der Waals surface area contributed by atoms with Crippen LogP contribution in [0, 0.1) is 0 Å². The summed E-state index contributed by atoms with van der Waals surface area (Å²) >= 11 is 1.68. The molecule has 0 radical (unpaired) electrons. The molecule has 0 N–H and O–H groups in total. The minimum atomic E-state index is -0.260. The van der Waals surface area contributed by atoms with Crippen molar-refractivity contribution in [1.82, 2.24) is 5.01 Å². The van der Waals surface area contributed by atoms with Crippen molar-refractivity contribution in [3.8, 4) is 17.2 Å². The number of fused-ring (bicyclic) bond motifs is 3. The number of rotatable bonds is 5. The summed E-state index contributed by atoms with van der Waals surface area (Å²) in [6, 6.07) is 18.5. The SMILES string of the molecule is CCOc1ccc(C2=NN3[C@H](C2)c2cccc(OC)c2O[C@@H]3c2cccs2)cc1. The molecule has 2 aromatic carbocycles. The third-order valence-corrected chi connectivity index (χ3v) is 6.19. The lowest BCUT2D eigenvalue weighted by Crippen LogP contribution is -2.33. The van der Waals surface area contributed by atoms with E-state index >= 15 is 0 Å². The van der Waals surface area contributed by atoms with Gasteiger partial charge in [-0.2, -0.15) is 5.10 Å². The molecule has 0 amide bonds. The summed E-state index contributed by atoms with van der Waals surface area (Å²) in [4.78, 5) is 1.13. The second kappa shape index (κ2) is 7.44. The first kappa shape index (κ1) is 18.1. The maximum atomic E-state index is 6.43. The highest BCUT2D eigenvalue weighted by molar-refractivity contribution is 7.10. The van der Waals surface area contributed by atoms with Crippen molar-refractivity contribution in [3.63, 3.8) is 0 Å². The van der Waals surface area contributed by atoms with Gasteiger partial charge in [-0.3, -0.25) is 0 Å². The fourth-order valence-corrected chi connectivity index (χ4v) is 4.69. The first-order valence-corrected chi connectivity index (χ1v) is 10.6. The van der Waals surface area contributed by atoms with Gasteiger partial charge in [0.15, 0.2) is 11.5 Å². The molecule has 0 saturated heterocycles. The van der Waals surface area contributed by atoms with Gasteiger partial charge >= 0.3 is 0 Å². The number of hydrazone groups is 1. The Morgan fingerprint density at radius 3 is 2.72 bits per heavy atom. The van der Waals surface area contributed by atoms with E-state index in [0.717, 1.165) is 45.4 Å². The Balaban J connectivity index is 1.54. The van der Waals surface area contributed by atoms with Gasteiger partial charge in [-0.1, -0.05) is 18.2 Å². The molecular formula is C23H22N2O3S. The number of methoxy groups -OCH3 is 1. The van der Waals surface area contributed by atoms with E-state index in [2.05, 4.69) is 34.7 Å². The highest BCUT2D eigenvalue weighted by atomic mass is 32.1. The molecule has 6 heteroatoms.